The normalized spacial score (nSPS) is 18.1. The second-order valence-electron chi connectivity index (χ2n) is 6.93. The van der Waals surface area contributed by atoms with Gasteiger partial charge in [0.2, 0.25) is 5.91 Å². The maximum Gasteiger partial charge on any atom is 0.306 e. The van der Waals surface area contributed by atoms with Crippen molar-refractivity contribution in [1.29, 1.82) is 0 Å². The molecule has 27 heavy (non-hydrogen) atoms. The highest BCUT2D eigenvalue weighted by Gasteiger charge is 2.27. The smallest absolute Gasteiger partial charge is 0.306 e. The van der Waals surface area contributed by atoms with Crippen LogP contribution in [-0.4, -0.2) is 47.7 Å². The molecule has 5 heteroatoms. The molecule has 1 N–H and O–H groups in total. The van der Waals surface area contributed by atoms with E-state index in [0.717, 1.165) is 12.0 Å². The number of hydrogen-bond donors (Lipinski definition) is 1. The number of nitrogens with zero attached hydrogens (tertiary/aromatic N) is 1. The Morgan fingerprint density at radius 3 is 2.41 bits per heavy atom. The first-order valence-corrected chi connectivity index (χ1v) is 9.32. The number of ether oxygens (including phenoxy) is 1. The van der Waals surface area contributed by atoms with Crippen molar-refractivity contribution in [3.63, 3.8) is 0 Å². The predicted octanol–water partition coefficient (Wildman–Crippen LogP) is 3.11. The van der Waals surface area contributed by atoms with Gasteiger partial charge in [-0.3, -0.25) is 9.59 Å². The first-order valence-electron chi connectivity index (χ1n) is 9.32. The summed E-state index contributed by atoms with van der Waals surface area (Å²) in [4.78, 5) is 25.6. The van der Waals surface area contributed by atoms with Gasteiger partial charge in [0.05, 0.1) is 19.1 Å². The van der Waals surface area contributed by atoms with Crippen LogP contribution in [0.25, 0.3) is 0 Å². The zero-order valence-electron chi connectivity index (χ0n) is 15.3. The average molecular weight is 367 g/mol. The summed E-state index contributed by atoms with van der Waals surface area (Å²) in [5.41, 5.74) is 2.34. The van der Waals surface area contributed by atoms with Crippen LogP contribution < -0.4 is 0 Å². The van der Waals surface area contributed by atoms with Crippen LogP contribution in [0.4, 0.5) is 0 Å². The molecular weight excluding hydrogens is 342 g/mol. The van der Waals surface area contributed by atoms with Gasteiger partial charge in [-0.25, -0.2) is 0 Å². The first kappa shape index (κ1) is 19.1. The van der Waals surface area contributed by atoms with Gasteiger partial charge in [0.1, 0.15) is 0 Å². The van der Waals surface area contributed by atoms with E-state index in [2.05, 4.69) is 24.3 Å². The van der Waals surface area contributed by atoms with E-state index < -0.39 is 12.1 Å². The highest BCUT2D eigenvalue weighted by molar-refractivity contribution is 5.77. The van der Waals surface area contributed by atoms with Crippen LogP contribution in [0, 0.1) is 0 Å². The number of carboxylic acid groups (broad SMARTS) is 1. The number of hydrogen-bond acceptors (Lipinski definition) is 3. The van der Waals surface area contributed by atoms with E-state index in [1.165, 1.54) is 5.56 Å². The maximum absolute atomic E-state index is 12.9. The van der Waals surface area contributed by atoms with Gasteiger partial charge in [-0.15, -0.1) is 0 Å². The lowest BCUT2D eigenvalue weighted by Crippen LogP contribution is -2.46. The fourth-order valence-corrected chi connectivity index (χ4v) is 3.54. The molecule has 0 saturated carbocycles. The molecule has 1 saturated heterocycles. The number of benzene rings is 2. The Balaban J connectivity index is 1.69. The molecule has 2 atom stereocenters. The molecule has 0 unspecified atom stereocenters. The van der Waals surface area contributed by atoms with Gasteiger partial charge in [0.15, 0.2) is 0 Å². The highest BCUT2D eigenvalue weighted by atomic mass is 16.5. The van der Waals surface area contributed by atoms with Gasteiger partial charge in [-0.05, 0) is 23.5 Å². The third-order valence-electron chi connectivity index (χ3n) is 4.91. The Hall–Kier alpha value is -2.66. The van der Waals surface area contributed by atoms with Crippen molar-refractivity contribution < 1.29 is 19.4 Å². The number of rotatable bonds is 7. The third-order valence-corrected chi connectivity index (χ3v) is 4.91. The molecule has 5 nitrogen and oxygen atoms in total. The zero-order valence-corrected chi connectivity index (χ0v) is 15.3. The van der Waals surface area contributed by atoms with Crippen LogP contribution in [-0.2, 0) is 20.7 Å². The van der Waals surface area contributed by atoms with E-state index in [0.29, 0.717) is 26.1 Å². The number of carboxylic acids is 1. The van der Waals surface area contributed by atoms with E-state index in [1.54, 1.807) is 4.90 Å². The Kier molecular flexibility index (Phi) is 6.60. The van der Waals surface area contributed by atoms with Crippen LogP contribution in [0.1, 0.15) is 29.9 Å². The largest absolute Gasteiger partial charge is 0.481 e. The van der Waals surface area contributed by atoms with Crippen LogP contribution in [0.15, 0.2) is 60.7 Å². The summed E-state index contributed by atoms with van der Waals surface area (Å²) in [6.07, 6.45) is 0.693. The molecule has 0 bridgehead atoms. The average Bonchev–Trinajstić information content (AvgIpc) is 2.68. The molecule has 1 fully saturated rings. The molecule has 3 rings (SSSR count). The molecule has 0 radical (unpaired) electrons. The van der Waals surface area contributed by atoms with Gasteiger partial charge in [-0.1, -0.05) is 60.7 Å². The van der Waals surface area contributed by atoms with Gasteiger partial charge < -0.3 is 14.7 Å². The molecule has 0 aliphatic carbocycles. The lowest BCUT2D eigenvalue weighted by Gasteiger charge is -2.33. The first-order chi connectivity index (χ1) is 13.1. The summed E-state index contributed by atoms with van der Waals surface area (Å²) in [7, 11) is 0. The molecule has 1 aliphatic heterocycles. The zero-order chi connectivity index (χ0) is 19.1. The second kappa shape index (κ2) is 9.33. The number of carbonyl (C=O) groups excluding carboxylic acids is 1. The van der Waals surface area contributed by atoms with Gasteiger partial charge in [0, 0.05) is 19.5 Å². The molecule has 1 aliphatic rings. The Labute approximate surface area is 159 Å². The van der Waals surface area contributed by atoms with Crippen molar-refractivity contribution in [2.75, 3.05) is 19.7 Å². The maximum atomic E-state index is 12.9. The van der Waals surface area contributed by atoms with E-state index >= 15 is 0 Å². The number of amides is 1. The topological polar surface area (TPSA) is 66.8 Å². The second-order valence-corrected chi connectivity index (χ2v) is 6.93. The fraction of sp³-hybridized carbons (Fsp3) is 0.364. The summed E-state index contributed by atoms with van der Waals surface area (Å²) in [5, 5.41) is 8.97. The molecule has 0 aromatic heterocycles. The molecule has 142 valence electrons. The minimum atomic E-state index is -0.902. The van der Waals surface area contributed by atoms with E-state index in [-0.39, 0.29) is 18.2 Å². The Morgan fingerprint density at radius 2 is 1.74 bits per heavy atom. The summed E-state index contributed by atoms with van der Waals surface area (Å²) >= 11 is 0. The standard InChI is InChI=1S/C22H25NO4/c24-21(23-11-12-27-20(16-23)15-22(25)26)14-19(18-9-5-2-6-10-18)13-17-7-3-1-4-8-17/h1-10,19-20H,11-16H2,(H,25,26)/t19-,20-/m1/s1. The SMILES string of the molecule is O=C(O)C[C@@H]1CN(C(=O)C[C@@H](Cc2ccccc2)c2ccccc2)CCO1. The summed E-state index contributed by atoms with van der Waals surface area (Å²) in [5.74, 6) is -0.763. The van der Waals surface area contributed by atoms with Crippen LogP contribution in [0.3, 0.4) is 0 Å². The highest BCUT2D eigenvalue weighted by Crippen LogP contribution is 2.26. The lowest BCUT2D eigenvalue weighted by atomic mass is 9.88. The summed E-state index contributed by atoms with van der Waals surface area (Å²) in [6.45, 7) is 1.25. The monoisotopic (exact) mass is 367 g/mol. The summed E-state index contributed by atoms with van der Waals surface area (Å²) in [6, 6.07) is 20.3. The molecule has 1 amide bonds. The predicted molar refractivity (Wildman–Crippen MR) is 103 cm³/mol. The van der Waals surface area contributed by atoms with Gasteiger partial charge in [-0.2, -0.15) is 0 Å². The molecule has 2 aromatic rings. The Bertz CT molecular complexity index is 747. The third kappa shape index (κ3) is 5.66. The van der Waals surface area contributed by atoms with Crippen molar-refractivity contribution in [2.24, 2.45) is 0 Å². The lowest BCUT2D eigenvalue weighted by molar-refractivity contribution is -0.147. The molecule has 0 spiro atoms. The van der Waals surface area contributed by atoms with Crippen molar-refractivity contribution >= 4 is 11.9 Å². The molecule has 2 aromatic carbocycles. The number of aliphatic carboxylic acids is 1. The van der Waals surface area contributed by atoms with Gasteiger partial charge in [0.25, 0.3) is 0 Å². The van der Waals surface area contributed by atoms with Crippen molar-refractivity contribution in [1.82, 2.24) is 4.90 Å². The van der Waals surface area contributed by atoms with Crippen LogP contribution >= 0.6 is 0 Å². The van der Waals surface area contributed by atoms with E-state index in [4.69, 9.17) is 9.84 Å². The summed E-state index contributed by atoms with van der Waals surface area (Å²) < 4.78 is 5.48. The van der Waals surface area contributed by atoms with E-state index in [1.807, 2.05) is 36.4 Å². The van der Waals surface area contributed by atoms with Gasteiger partial charge >= 0.3 is 5.97 Å². The quantitative estimate of drug-likeness (QED) is 0.817. The minimum Gasteiger partial charge on any atom is -0.481 e. The van der Waals surface area contributed by atoms with Crippen molar-refractivity contribution in [2.45, 2.75) is 31.3 Å². The van der Waals surface area contributed by atoms with Crippen LogP contribution in [0.5, 0.6) is 0 Å². The molecular formula is C22H25NO4. The Morgan fingerprint density at radius 1 is 1.07 bits per heavy atom. The van der Waals surface area contributed by atoms with E-state index in [9.17, 15) is 9.59 Å². The molecule has 1 heterocycles. The number of morpholine rings is 1. The minimum absolute atomic E-state index is 0.0541. The number of carbonyl (C=O) groups is 2. The van der Waals surface area contributed by atoms with Crippen LogP contribution in [0.2, 0.25) is 0 Å². The van der Waals surface area contributed by atoms with Crippen molar-refractivity contribution in [3.8, 4) is 0 Å². The fourth-order valence-electron chi connectivity index (χ4n) is 3.54. The van der Waals surface area contributed by atoms with Crippen molar-refractivity contribution in [3.05, 3.63) is 71.8 Å².